The SMILES string of the molecule is CCNC(=O)c1ccc(NCCn2nc(-c3ccccc3)ccc2=O)nc1. The molecule has 138 valence electrons. The van der Waals surface area contributed by atoms with E-state index in [4.69, 9.17) is 0 Å². The van der Waals surface area contributed by atoms with Gasteiger partial charge in [-0.1, -0.05) is 30.3 Å². The van der Waals surface area contributed by atoms with E-state index in [1.165, 1.54) is 16.9 Å². The summed E-state index contributed by atoms with van der Waals surface area (Å²) in [4.78, 5) is 28.0. The van der Waals surface area contributed by atoms with Gasteiger partial charge in [-0.15, -0.1) is 0 Å². The smallest absolute Gasteiger partial charge is 0.266 e. The molecule has 0 aliphatic rings. The molecule has 0 saturated heterocycles. The minimum Gasteiger partial charge on any atom is -0.368 e. The number of aromatic nitrogens is 3. The van der Waals surface area contributed by atoms with Crippen molar-refractivity contribution in [2.45, 2.75) is 13.5 Å². The van der Waals surface area contributed by atoms with Gasteiger partial charge in [0.1, 0.15) is 5.82 Å². The van der Waals surface area contributed by atoms with Crippen molar-refractivity contribution in [3.8, 4) is 11.3 Å². The molecule has 0 aliphatic carbocycles. The highest BCUT2D eigenvalue weighted by Crippen LogP contribution is 2.13. The number of nitrogens with one attached hydrogen (secondary N) is 2. The molecule has 0 radical (unpaired) electrons. The third-order valence-corrected chi connectivity index (χ3v) is 3.93. The van der Waals surface area contributed by atoms with Gasteiger partial charge in [0, 0.05) is 30.9 Å². The highest BCUT2D eigenvalue weighted by molar-refractivity contribution is 5.93. The lowest BCUT2D eigenvalue weighted by Gasteiger charge is -2.09. The number of carbonyl (C=O) groups is 1. The van der Waals surface area contributed by atoms with Crippen LogP contribution in [-0.2, 0) is 6.54 Å². The van der Waals surface area contributed by atoms with Crippen LogP contribution in [0, 0.1) is 0 Å². The number of pyridine rings is 1. The third kappa shape index (κ3) is 4.78. The molecule has 0 fully saturated rings. The number of amides is 1. The number of nitrogens with zero attached hydrogens (tertiary/aromatic N) is 3. The highest BCUT2D eigenvalue weighted by Gasteiger charge is 2.05. The number of anilines is 1. The predicted octanol–water partition coefficient (Wildman–Crippen LogP) is 2.17. The van der Waals surface area contributed by atoms with Crippen molar-refractivity contribution in [2.75, 3.05) is 18.4 Å². The molecule has 3 rings (SSSR count). The Morgan fingerprint density at radius 1 is 1.07 bits per heavy atom. The molecule has 0 unspecified atom stereocenters. The Morgan fingerprint density at radius 3 is 2.59 bits per heavy atom. The summed E-state index contributed by atoms with van der Waals surface area (Å²) in [7, 11) is 0. The van der Waals surface area contributed by atoms with Gasteiger partial charge >= 0.3 is 0 Å². The van der Waals surface area contributed by atoms with Crippen molar-refractivity contribution in [1.82, 2.24) is 20.1 Å². The van der Waals surface area contributed by atoms with Crippen LogP contribution in [0.2, 0.25) is 0 Å². The molecule has 2 heterocycles. The van der Waals surface area contributed by atoms with Crippen molar-refractivity contribution in [3.63, 3.8) is 0 Å². The van der Waals surface area contributed by atoms with E-state index >= 15 is 0 Å². The molecule has 0 spiro atoms. The van der Waals surface area contributed by atoms with Crippen LogP contribution in [0.1, 0.15) is 17.3 Å². The molecule has 7 heteroatoms. The van der Waals surface area contributed by atoms with E-state index in [1.54, 1.807) is 18.2 Å². The lowest BCUT2D eigenvalue weighted by molar-refractivity contribution is 0.0955. The molecule has 7 nitrogen and oxygen atoms in total. The normalized spacial score (nSPS) is 10.4. The molecule has 0 saturated carbocycles. The van der Waals surface area contributed by atoms with Crippen molar-refractivity contribution in [2.24, 2.45) is 0 Å². The van der Waals surface area contributed by atoms with Gasteiger partial charge in [0.05, 0.1) is 17.8 Å². The zero-order valence-electron chi connectivity index (χ0n) is 15.1. The standard InChI is InChI=1S/C20H21N5O2/c1-2-21-20(27)16-8-10-18(23-14-16)22-12-13-25-19(26)11-9-17(24-25)15-6-4-3-5-7-15/h3-11,14H,2,12-13H2,1H3,(H,21,27)(H,22,23). The molecule has 0 aliphatic heterocycles. The van der Waals surface area contributed by atoms with Crippen LogP contribution in [0.3, 0.4) is 0 Å². The van der Waals surface area contributed by atoms with Crippen molar-refractivity contribution in [3.05, 3.63) is 76.7 Å². The van der Waals surface area contributed by atoms with Gasteiger partial charge in [-0.2, -0.15) is 5.10 Å². The van der Waals surface area contributed by atoms with E-state index in [1.807, 2.05) is 37.3 Å². The van der Waals surface area contributed by atoms with Crippen LogP contribution in [0.5, 0.6) is 0 Å². The molecule has 3 aromatic rings. The molecule has 0 bridgehead atoms. The van der Waals surface area contributed by atoms with Crippen molar-refractivity contribution < 1.29 is 4.79 Å². The lowest BCUT2D eigenvalue weighted by atomic mass is 10.1. The lowest BCUT2D eigenvalue weighted by Crippen LogP contribution is -2.26. The van der Waals surface area contributed by atoms with Crippen LogP contribution < -0.4 is 16.2 Å². The van der Waals surface area contributed by atoms with E-state index in [0.29, 0.717) is 31.0 Å². The average molecular weight is 363 g/mol. The second-order valence-electron chi connectivity index (χ2n) is 5.86. The second kappa shape index (κ2) is 8.75. The summed E-state index contributed by atoms with van der Waals surface area (Å²) in [5, 5.41) is 10.3. The maximum absolute atomic E-state index is 12.0. The fourth-order valence-corrected chi connectivity index (χ4v) is 2.56. The quantitative estimate of drug-likeness (QED) is 0.672. The first kappa shape index (κ1) is 18.3. The summed E-state index contributed by atoms with van der Waals surface area (Å²) in [5.74, 6) is 0.486. The molecule has 1 amide bonds. The predicted molar refractivity (Wildman–Crippen MR) is 105 cm³/mol. The Bertz CT molecular complexity index is 952. The maximum atomic E-state index is 12.0. The Kier molecular flexibility index (Phi) is 5.94. The Labute approximate surface area is 157 Å². The molecule has 0 atom stereocenters. The highest BCUT2D eigenvalue weighted by atomic mass is 16.1. The van der Waals surface area contributed by atoms with Gasteiger partial charge in [-0.05, 0) is 25.1 Å². The number of benzene rings is 1. The van der Waals surface area contributed by atoms with Crippen LogP contribution in [0.15, 0.2) is 65.6 Å². The summed E-state index contributed by atoms with van der Waals surface area (Å²) in [5.41, 5.74) is 2.06. The third-order valence-electron chi connectivity index (χ3n) is 3.93. The number of hydrogen-bond donors (Lipinski definition) is 2. The first-order chi connectivity index (χ1) is 13.2. The van der Waals surface area contributed by atoms with Gasteiger partial charge in [0.15, 0.2) is 0 Å². The second-order valence-corrected chi connectivity index (χ2v) is 5.86. The Hall–Kier alpha value is -3.48. The van der Waals surface area contributed by atoms with Crippen LogP contribution in [-0.4, -0.2) is 33.8 Å². The first-order valence-corrected chi connectivity index (χ1v) is 8.79. The fourth-order valence-electron chi connectivity index (χ4n) is 2.56. The summed E-state index contributed by atoms with van der Waals surface area (Å²) in [6.07, 6.45) is 1.52. The molecule has 1 aromatic carbocycles. The van der Waals surface area contributed by atoms with Crippen molar-refractivity contribution in [1.29, 1.82) is 0 Å². The summed E-state index contributed by atoms with van der Waals surface area (Å²) < 4.78 is 1.43. The van der Waals surface area contributed by atoms with Gasteiger partial charge in [0.25, 0.3) is 11.5 Å². The van der Waals surface area contributed by atoms with Crippen molar-refractivity contribution >= 4 is 11.7 Å². The largest absolute Gasteiger partial charge is 0.368 e. The van der Waals surface area contributed by atoms with Crippen LogP contribution in [0.25, 0.3) is 11.3 Å². The monoisotopic (exact) mass is 363 g/mol. The maximum Gasteiger partial charge on any atom is 0.266 e. The van der Waals surface area contributed by atoms with Gasteiger partial charge in [-0.25, -0.2) is 9.67 Å². The Balaban J connectivity index is 1.62. The number of hydrogen-bond acceptors (Lipinski definition) is 5. The summed E-state index contributed by atoms with van der Waals surface area (Å²) >= 11 is 0. The van der Waals surface area contributed by atoms with Gasteiger partial charge in [-0.3, -0.25) is 9.59 Å². The van der Waals surface area contributed by atoms with E-state index in [2.05, 4.69) is 20.7 Å². The summed E-state index contributed by atoms with van der Waals surface area (Å²) in [6, 6.07) is 16.4. The van der Waals surface area contributed by atoms with E-state index in [0.717, 1.165) is 11.3 Å². The topological polar surface area (TPSA) is 88.9 Å². The minimum absolute atomic E-state index is 0.148. The summed E-state index contributed by atoms with van der Waals surface area (Å²) in [6.45, 7) is 3.32. The number of carbonyl (C=O) groups excluding carboxylic acids is 1. The average Bonchev–Trinajstić information content (AvgIpc) is 2.71. The van der Waals surface area contributed by atoms with E-state index < -0.39 is 0 Å². The molecule has 2 aromatic heterocycles. The minimum atomic E-state index is -0.156. The molecular weight excluding hydrogens is 342 g/mol. The van der Waals surface area contributed by atoms with Gasteiger partial charge in [0.2, 0.25) is 0 Å². The van der Waals surface area contributed by atoms with Crippen LogP contribution in [0.4, 0.5) is 5.82 Å². The zero-order chi connectivity index (χ0) is 19.1. The number of rotatable bonds is 7. The van der Waals surface area contributed by atoms with Gasteiger partial charge < -0.3 is 10.6 Å². The molecule has 27 heavy (non-hydrogen) atoms. The zero-order valence-corrected chi connectivity index (χ0v) is 15.1. The Morgan fingerprint density at radius 2 is 1.89 bits per heavy atom. The van der Waals surface area contributed by atoms with E-state index in [-0.39, 0.29) is 11.5 Å². The molecular formula is C20H21N5O2. The molecule has 2 N–H and O–H groups in total. The van der Waals surface area contributed by atoms with E-state index in [9.17, 15) is 9.59 Å². The fraction of sp³-hybridized carbons (Fsp3) is 0.200. The first-order valence-electron chi connectivity index (χ1n) is 8.79. The van der Waals surface area contributed by atoms with Crippen LogP contribution >= 0.6 is 0 Å².